The van der Waals surface area contributed by atoms with Gasteiger partial charge in [-0.1, -0.05) is 26.0 Å². The third kappa shape index (κ3) is 4.07. The number of benzene rings is 1. The first kappa shape index (κ1) is 18.8. The number of rotatable bonds is 5. The molecule has 27 heavy (non-hydrogen) atoms. The minimum absolute atomic E-state index is 0.0750. The highest BCUT2D eigenvalue weighted by atomic mass is 19.1. The van der Waals surface area contributed by atoms with Crippen LogP contribution >= 0.6 is 0 Å². The van der Waals surface area contributed by atoms with Crippen LogP contribution in [-0.4, -0.2) is 41.0 Å². The van der Waals surface area contributed by atoms with Gasteiger partial charge in [0.2, 0.25) is 5.91 Å². The molecule has 1 atom stereocenters. The Morgan fingerprint density at radius 3 is 2.59 bits per heavy atom. The lowest BCUT2D eigenvalue weighted by Crippen LogP contribution is -2.40. The van der Waals surface area contributed by atoms with Crippen molar-refractivity contribution in [3.63, 3.8) is 0 Å². The predicted molar refractivity (Wildman–Crippen MR) is 98.3 cm³/mol. The Kier molecular flexibility index (Phi) is 5.39. The van der Waals surface area contributed by atoms with Crippen LogP contribution in [0.2, 0.25) is 0 Å². The molecule has 142 valence electrons. The molecule has 2 amide bonds. The van der Waals surface area contributed by atoms with Gasteiger partial charge in [-0.2, -0.15) is 5.10 Å². The normalized spacial score (nSPS) is 16.6. The van der Waals surface area contributed by atoms with E-state index in [1.165, 1.54) is 22.0 Å². The third-order valence-electron chi connectivity index (χ3n) is 4.46. The minimum Gasteiger partial charge on any atom is -0.467 e. The molecule has 0 spiro atoms. The van der Waals surface area contributed by atoms with Gasteiger partial charge in [-0.3, -0.25) is 9.59 Å². The molecule has 1 aliphatic heterocycles. The van der Waals surface area contributed by atoms with Crippen molar-refractivity contribution in [3.8, 4) is 0 Å². The number of furan rings is 1. The van der Waals surface area contributed by atoms with Gasteiger partial charge in [-0.15, -0.1) is 0 Å². The van der Waals surface area contributed by atoms with E-state index in [1.807, 2.05) is 0 Å². The maximum absolute atomic E-state index is 13.2. The molecule has 0 N–H and O–H groups in total. The molecular formula is C20H22FN3O3. The van der Waals surface area contributed by atoms with E-state index in [0.29, 0.717) is 17.9 Å². The topological polar surface area (TPSA) is 66.1 Å². The van der Waals surface area contributed by atoms with E-state index in [-0.39, 0.29) is 30.1 Å². The van der Waals surface area contributed by atoms with Crippen molar-refractivity contribution >= 4 is 17.5 Å². The first-order valence-electron chi connectivity index (χ1n) is 8.80. The van der Waals surface area contributed by atoms with Crippen LogP contribution in [-0.2, 0) is 9.59 Å². The summed E-state index contributed by atoms with van der Waals surface area (Å²) in [6.45, 7) is 3.50. The van der Waals surface area contributed by atoms with Crippen molar-refractivity contribution in [3.05, 3.63) is 59.8 Å². The highest BCUT2D eigenvalue weighted by Crippen LogP contribution is 2.33. The fourth-order valence-electron chi connectivity index (χ4n) is 3.05. The number of hydrogen-bond donors (Lipinski definition) is 0. The second-order valence-electron chi connectivity index (χ2n) is 6.88. The molecule has 1 aromatic carbocycles. The Morgan fingerprint density at radius 2 is 2.00 bits per heavy atom. The van der Waals surface area contributed by atoms with E-state index in [1.54, 1.807) is 51.4 Å². The third-order valence-corrected chi connectivity index (χ3v) is 4.46. The van der Waals surface area contributed by atoms with E-state index in [0.717, 1.165) is 5.56 Å². The Bertz CT molecular complexity index is 844. The molecule has 2 aromatic rings. The lowest BCUT2D eigenvalue weighted by Gasteiger charge is -2.24. The summed E-state index contributed by atoms with van der Waals surface area (Å²) < 4.78 is 18.7. The van der Waals surface area contributed by atoms with Gasteiger partial charge in [0.15, 0.2) is 0 Å². The summed E-state index contributed by atoms with van der Waals surface area (Å²) >= 11 is 0. The number of halogens is 1. The molecule has 0 saturated carbocycles. The largest absolute Gasteiger partial charge is 0.467 e. The van der Waals surface area contributed by atoms with Gasteiger partial charge in [-0.05, 0) is 29.8 Å². The molecule has 0 unspecified atom stereocenters. The number of amides is 2. The maximum Gasteiger partial charge on any atom is 0.262 e. The van der Waals surface area contributed by atoms with Crippen molar-refractivity contribution in [1.29, 1.82) is 0 Å². The quantitative estimate of drug-likeness (QED) is 0.811. The van der Waals surface area contributed by atoms with Crippen LogP contribution in [0.25, 0.3) is 0 Å². The van der Waals surface area contributed by atoms with Crippen molar-refractivity contribution in [2.45, 2.75) is 26.3 Å². The molecule has 0 bridgehead atoms. The molecule has 0 radical (unpaired) electrons. The van der Waals surface area contributed by atoms with Crippen LogP contribution in [0.5, 0.6) is 0 Å². The molecule has 0 aliphatic carbocycles. The first-order chi connectivity index (χ1) is 12.9. The number of hydrazone groups is 1. The second-order valence-corrected chi connectivity index (χ2v) is 6.88. The van der Waals surface area contributed by atoms with Crippen molar-refractivity contribution < 1.29 is 18.4 Å². The summed E-state index contributed by atoms with van der Waals surface area (Å²) in [6.07, 6.45) is 2.00. The zero-order valence-corrected chi connectivity index (χ0v) is 15.6. The van der Waals surface area contributed by atoms with Gasteiger partial charge in [0.1, 0.15) is 24.2 Å². The summed E-state index contributed by atoms with van der Waals surface area (Å²) in [6, 6.07) is 9.14. The lowest BCUT2D eigenvalue weighted by molar-refractivity contribution is -0.142. The molecule has 3 rings (SSSR count). The fraction of sp³-hybridized carbons (Fsp3) is 0.350. The highest BCUT2D eigenvalue weighted by molar-refractivity contribution is 6.03. The van der Waals surface area contributed by atoms with Gasteiger partial charge in [0.25, 0.3) is 5.91 Å². The highest BCUT2D eigenvalue weighted by Gasteiger charge is 2.35. The van der Waals surface area contributed by atoms with Crippen LogP contribution in [0.3, 0.4) is 0 Å². The Hall–Kier alpha value is -2.96. The Labute approximate surface area is 157 Å². The maximum atomic E-state index is 13.2. The molecule has 2 heterocycles. The smallest absolute Gasteiger partial charge is 0.262 e. The summed E-state index contributed by atoms with van der Waals surface area (Å²) in [5.41, 5.74) is 1.41. The van der Waals surface area contributed by atoms with Gasteiger partial charge in [0, 0.05) is 19.4 Å². The van der Waals surface area contributed by atoms with E-state index < -0.39 is 6.04 Å². The average molecular weight is 371 g/mol. The van der Waals surface area contributed by atoms with Crippen LogP contribution < -0.4 is 0 Å². The van der Waals surface area contributed by atoms with Crippen LogP contribution in [0.4, 0.5) is 4.39 Å². The summed E-state index contributed by atoms with van der Waals surface area (Å²) in [5.74, 6) is -0.325. The fourth-order valence-corrected chi connectivity index (χ4v) is 3.05. The lowest BCUT2D eigenvalue weighted by atomic mass is 10.0. The van der Waals surface area contributed by atoms with E-state index in [2.05, 4.69) is 5.10 Å². The summed E-state index contributed by atoms with van der Waals surface area (Å²) in [4.78, 5) is 26.3. The first-order valence-corrected chi connectivity index (χ1v) is 8.80. The van der Waals surface area contributed by atoms with E-state index in [9.17, 15) is 14.0 Å². The summed E-state index contributed by atoms with van der Waals surface area (Å²) in [5, 5.41) is 5.83. The number of carbonyl (C=O) groups excluding carboxylic acids is 2. The Morgan fingerprint density at radius 1 is 1.30 bits per heavy atom. The standard InChI is InChI=1S/C20H22FN3O3/c1-13(2)20(26)23(3)12-19(25)24-17(18-5-4-10-27-18)11-16(22-24)14-6-8-15(21)9-7-14/h4-10,13,17H,11-12H2,1-3H3/t17-/m1/s1. The molecular weight excluding hydrogens is 349 g/mol. The SMILES string of the molecule is CC(C)C(=O)N(C)CC(=O)N1N=C(c2ccc(F)cc2)C[C@@H]1c1ccco1. The average Bonchev–Trinajstić information content (AvgIpc) is 3.30. The molecule has 7 heteroatoms. The second kappa shape index (κ2) is 7.73. The minimum atomic E-state index is -0.393. The van der Waals surface area contributed by atoms with Gasteiger partial charge in [0.05, 0.1) is 12.0 Å². The number of nitrogens with zero attached hydrogens (tertiary/aromatic N) is 3. The zero-order valence-electron chi connectivity index (χ0n) is 15.6. The molecule has 1 aliphatic rings. The zero-order chi connectivity index (χ0) is 19.6. The molecule has 0 saturated heterocycles. The predicted octanol–water partition coefficient (Wildman–Crippen LogP) is 3.21. The van der Waals surface area contributed by atoms with Crippen molar-refractivity contribution in [2.75, 3.05) is 13.6 Å². The summed E-state index contributed by atoms with van der Waals surface area (Å²) in [7, 11) is 1.60. The van der Waals surface area contributed by atoms with Gasteiger partial charge >= 0.3 is 0 Å². The monoisotopic (exact) mass is 371 g/mol. The molecule has 0 fully saturated rings. The van der Waals surface area contributed by atoms with E-state index >= 15 is 0 Å². The van der Waals surface area contributed by atoms with Crippen LogP contribution in [0.1, 0.15) is 37.6 Å². The Balaban J connectivity index is 1.85. The van der Waals surface area contributed by atoms with Gasteiger partial charge in [-0.25, -0.2) is 9.40 Å². The van der Waals surface area contributed by atoms with Crippen molar-refractivity contribution in [2.24, 2.45) is 11.0 Å². The number of likely N-dealkylation sites (N-methyl/N-ethyl adjacent to an activating group) is 1. The van der Waals surface area contributed by atoms with Crippen molar-refractivity contribution in [1.82, 2.24) is 9.91 Å². The van der Waals surface area contributed by atoms with Gasteiger partial charge < -0.3 is 9.32 Å². The number of hydrogen-bond acceptors (Lipinski definition) is 4. The van der Waals surface area contributed by atoms with Crippen LogP contribution in [0, 0.1) is 11.7 Å². The molecule has 1 aromatic heterocycles. The van der Waals surface area contributed by atoms with E-state index in [4.69, 9.17) is 4.42 Å². The van der Waals surface area contributed by atoms with Crippen LogP contribution in [0.15, 0.2) is 52.2 Å². The number of carbonyl (C=O) groups is 2. The molecule has 6 nitrogen and oxygen atoms in total.